The maximum atomic E-state index is 12.7. The number of amides is 1. The van der Waals surface area contributed by atoms with Crippen LogP contribution in [0, 0.1) is 20.8 Å². The first-order valence-electron chi connectivity index (χ1n) is 8.58. The van der Waals surface area contributed by atoms with Gasteiger partial charge in [-0.15, -0.1) is 0 Å². The van der Waals surface area contributed by atoms with Crippen LogP contribution in [0.3, 0.4) is 0 Å². The number of anilines is 2. The van der Waals surface area contributed by atoms with E-state index in [0.717, 1.165) is 21.1 Å². The van der Waals surface area contributed by atoms with Gasteiger partial charge in [-0.2, -0.15) is 0 Å². The molecule has 146 valence electrons. The molecule has 0 aliphatic carbocycles. The number of sulfonamides is 1. The number of aryl methyl sites for hydroxylation is 2. The molecule has 0 saturated carbocycles. The predicted octanol–water partition coefficient (Wildman–Crippen LogP) is 3.18. The Kier molecular flexibility index (Phi) is 5.97. The molecule has 1 N–H and O–H groups in total. The van der Waals surface area contributed by atoms with Gasteiger partial charge in [0.2, 0.25) is 10.0 Å². The minimum atomic E-state index is -3.63. The topological polar surface area (TPSA) is 69.7 Å². The van der Waals surface area contributed by atoms with Gasteiger partial charge in [0, 0.05) is 45.1 Å². The van der Waals surface area contributed by atoms with Gasteiger partial charge in [0.05, 0.1) is 4.90 Å². The van der Waals surface area contributed by atoms with E-state index < -0.39 is 10.0 Å². The molecule has 0 fully saturated rings. The van der Waals surface area contributed by atoms with Gasteiger partial charge in [0.1, 0.15) is 0 Å². The highest BCUT2D eigenvalue weighted by atomic mass is 32.2. The summed E-state index contributed by atoms with van der Waals surface area (Å²) in [5.74, 6) is -0.342. The van der Waals surface area contributed by atoms with E-state index in [2.05, 4.69) is 5.32 Å². The van der Waals surface area contributed by atoms with Crippen molar-refractivity contribution in [2.45, 2.75) is 25.7 Å². The van der Waals surface area contributed by atoms with Crippen LogP contribution in [-0.4, -0.2) is 46.8 Å². The van der Waals surface area contributed by atoms with Gasteiger partial charge in [-0.05, 0) is 67.8 Å². The number of rotatable bonds is 5. The van der Waals surface area contributed by atoms with Crippen molar-refractivity contribution < 1.29 is 13.2 Å². The van der Waals surface area contributed by atoms with Crippen molar-refractivity contribution in [2.24, 2.45) is 0 Å². The standard InChI is InChI=1S/C20H27N3O3S/c1-13-10-16(12-19(15(13)3)27(25,26)23(6)7)20(24)21-17-8-9-18(22(4)5)14(2)11-17/h8-12H,1-7H3,(H,21,24). The molecule has 0 atom stereocenters. The Labute approximate surface area is 161 Å². The third-order valence-electron chi connectivity index (χ3n) is 4.58. The van der Waals surface area contributed by atoms with Crippen LogP contribution in [0.2, 0.25) is 0 Å². The lowest BCUT2D eigenvalue weighted by atomic mass is 10.1. The van der Waals surface area contributed by atoms with E-state index in [1.807, 2.05) is 44.1 Å². The van der Waals surface area contributed by atoms with Crippen LogP contribution in [0.25, 0.3) is 0 Å². The number of hydrogen-bond donors (Lipinski definition) is 1. The highest BCUT2D eigenvalue weighted by molar-refractivity contribution is 7.89. The van der Waals surface area contributed by atoms with Crippen LogP contribution in [0.15, 0.2) is 35.2 Å². The zero-order chi connectivity index (χ0) is 20.5. The molecule has 0 radical (unpaired) electrons. The van der Waals surface area contributed by atoms with E-state index in [1.54, 1.807) is 19.9 Å². The van der Waals surface area contributed by atoms with Gasteiger partial charge in [-0.3, -0.25) is 4.79 Å². The molecule has 1 amide bonds. The molecule has 0 aromatic heterocycles. The lowest BCUT2D eigenvalue weighted by Crippen LogP contribution is -2.24. The molecule has 0 unspecified atom stereocenters. The van der Waals surface area contributed by atoms with Gasteiger partial charge in [-0.1, -0.05) is 0 Å². The molecular formula is C20H27N3O3S. The molecule has 0 bridgehead atoms. The summed E-state index contributed by atoms with van der Waals surface area (Å²) in [5.41, 5.74) is 4.48. The first-order valence-corrected chi connectivity index (χ1v) is 10.0. The summed E-state index contributed by atoms with van der Waals surface area (Å²) in [5, 5.41) is 2.85. The first-order chi connectivity index (χ1) is 12.4. The van der Waals surface area contributed by atoms with Crippen molar-refractivity contribution >= 4 is 27.3 Å². The summed E-state index contributed by atoms with van der Waals surface area (Å²) in [6.07, 6.45) is 0. The van der Waals surface area contributed by atoms with Gasteiger partial charge in [0.25, 0.3) is 5.91 Å². The van der Waals surface area contributed by atoms with E-state index in [1.165, 1.54) is 20.2 Å². The van der Waals surface area contributed by atoms with Crippen molar-refractivity contribution in [3.8, 4) is 0 Å². The summed E-state index contributed by atoms with van der Waals surface area (Å²) in [6, 6.07) is 8.81. The molecule has 0 spiro atoms. The van der Waals surface area contributed by atoms with Gasteiger partial charge in [0.15, 0.2) is 0 Å². The van der Waals surface area contributed by atoms with Crippen LogP contribution in [0.5, 0.6) is 0 Å². The maximum Gasteiger partial charge on any atom is 0.255 e. The van der Waals surface area contributed by atoms with Crippen LogP contribution >= 0.6 is 0 Å². The smallest absolute Gasteiger partial charge is 0.255 e. The van der Waals surface area contributed by atoms with E-state index >= 15 is 0 Å². The minimum Gasteiger partial charge on any atom is -0.377 e. The second kappa shape index (κ2) is 7.70. The number of carbonyl (C=O) groups excluding carboxylic acids is 1. The van der Waals surface area contributed by atoms with Gasteiger partial charge < -0.3 is 10.2 Å². The Morgan fingerprint density at radius 1 is 0.926 bits per heavy atom. The molecular weight excluding hydrogens is 362 g/mol. The molecule has 6 nitrogen and oxygen atoms in total. The minimum absolute atomic E-state index is 0.150. The molecule has 2 rings (SSSR count). The number of nitrogens with one attached hydrogen (secondary N) is 1. The first kappa shape index (κ1) is 20.9. The Morgan fingerprint density at radius 3 is 2.07 bits per heavy atom. The van der Waals surface area contributed by atoms with Gasteiger partial charge in [-0.25, -0.2) is 12.7 Å². The van der Waals surface area contributed by atoms with Crippen molar-refractivity contribution in [1.29, 1.82) is 0 Å². The lowest BCUT2D eigenvalue weighted by molar-refractivity contribution is 0.102. The van der Waals surface area contributed by atoms with Crippen LogP contribution in [0.4, 0.5) is 11.4 Å². The second-order valence-corrected chi connectivity index (χ2v) is 9.17. The summed E-state index contributed by atoms with van der Waals surface area (Å²) in [6.45, 7) is 5.52. The highest BCUT2D eigenvalue weighted by Gasteiger charge is 2.23. The molecule has 0 aliphatic rings. The zero-order valence-corrected chi connectivity index (χ0v) is 17.7. The number of benzene rings is 2. The van der Waals surface area contributed by atoms with E-state index in [0.29, 0.717) is 16.8 Å². The Morgan fingerprint density at radius 2 is 1.56 bits per heavy atom. The lowest BCUT2D eigenvalue weighted by Gasteiger charge is -2.18. The van der Waals surface area contributed by atoms with Crippen LogP contribution in [-0.2, 0) is 10.0 Å². The summed E-state index contributed by atoms with van der Waals surface area (Å²) in [4.78, 5) is 14.9. The van der Waals surface area contributed by atoms with Crippen molar-refractivity contribution in [3.05, 3.63) is 52.6 Å². The Bertz CT molecular complexity index is 980. The average Bonchev–Trinajstić information content (AvgIpc) is 2.56. The fraction of sp³-hybridized carbons (Fsp3) is 0.350. The fourth-order valence-corrected chi connectivity index (χ4v) is 4.08. The predicted molar refractivity (Wildman–Crippen MR) is 110 cm³/mol. The van der Waals surface area contributed by atoms with Crippen LogP contribution in [0.1, 0.15) is 27.0 Å². The largest absolute Gasteiger partial charge is 0.377 e. The van der Waals surface area contributed by atoms with Crippen molar-refractivity contribution in [3.63, 3.8) is 0 Å². The highest BCUT2D eigenvalue weighted by Crippen LogP contribution is 2.25. The molecule has 7 heteroatoms. The number of carbonyl (C=O) groups is 1. The van der Waals surface area contributed by atoms with Crippen LogP contribution < -0.4 is 10.2 Å². The molecule has 0 heterocycles. The normalized spacial score (nSPS) is 11.6. The summed E-state index contributed by atoms with van der Waals surface area (Å²) < 4.78 is 26.3. The van der Waals surface area contributed by atoms with E-state index in [-0.39, 0.29) is 10.8 Å². The summed E-state index contributed by atoms with van der Waals surface area (Å²) >= 11 is 0. The summed E-state index contributed by atoms with van der Waals surface area (Å²) in [7, 11) is 3.24. The third-order valence-corrected chi connectivity index (χ3v) is 6.52. The molecule has 27 heavy (non-hydrogen) atoms. The number of nitrogens with zero attached hydrogens (tertiary/aromatic N) is 2. The van der Waals surface area contributed by atoms with E-state index in [9.17, 15) is 13.2 Å². The zero-order valence-electron chi connectivity index (χ0n) is 16.9. The van der Waals surface area contributed by atoms with E-state index in [4.69, 9.17) is 0 Å². The Balaban J connectivity index is 2.40. The SMILES string of the molecule is Cc1cc(NC(=O)c2cc(C)c(C)c(S(=O)(=O)N(C)C)c2)ccc1N(C)C. The molecule has 2 aromatic rings. The molecule has 0 aliphatic heterocycles. The molecule has 2 aromatic carbocycles. The molecule has 0 saturated heterocycles. The van der Waals surface area contributed by atoms with Crippen molar-refractivity contribution in [2.75, 3.05) is 38.4 Å². The number of hydrogen-bond acceptors (Lipinski definition) is 4. The van der Waals surface area contributed by atoms with Gasteiger partial charge >= 0.3 is 0 Å². The quantitative estimate of drug-likeness (QED) is 0.853. The second-order valence-electron chi connectivity index (χ2n) is 7.05. The third kappa shape index (κ3) is 4.31. The Hall–Kier alpha value is -2.38. The fourth-order valence-electron chi connectivity index (χ4n) is 2.86. The van der Waals surface area contributed by atoms with Crippen molar-refractivity contribution in [1.82, 2.24) is 4.31 Å². The maximum absolute atomic E-state index is 12.7. The monoisotopic (exact) mass is 389 g/mol. The average molecular weight is 390 g/mol.